The van der Waals surface area contributed by atoms with Crippen LogP contribution in [0.2, 0.25) is 0 Å². The van der Waals surface area contributed by atoms with Crippen molar-refractivity contribution in [1.82, 2.24) is 29.1 Å². The number of hydrogen-bond acceptors (Lipinski definition) is 14. The van der Waals surface area contributed by atoms with E-state index >= 15 is 0 Å². The Balaban J connectivity index is 0.000000185. The summed E-state index contributed by atoms with van der Waals surface area (Å²) in [6.45, 7) is 1.60. The third-order valence-corrected chi connectivity index (χ3v) is 6.56. The van der Waals surface area contributed by atoms with Crippen molar-refractivity contribution in [3.05, 3.63) is 45.8 Å². The van der Waals surface area contributed by atoms with E-state index in [0.717, 1.165) is 11.0 Å². The third-order valence-electron chi connectivity index (χ3n) is 6.56. The highest BCUT2D eigenvalue weighted by atomic mass is 16.6. The molecule has 220 valence electrons. The first-order valence-corrected chi connectivity index (χ1v) is 12.5. The fourth-order valence-electron chi connectivity index (χ4n) is 4.56. The van der Waals surface area contributed by atoms with Crippen LogP contribution in [0.4, 0.5) is 5.82 Å². The van der Waals surface area contributed by atoms with Gasteiger partial charge in [0.25, 0.3) is 5.56 Å². The lowest BCUT2D eigenvalue weighted by atomic mass is 10.1. The van der Waals surface area contributed by atoms with Gasteiger partial charge in [0.1, 0.15) is 48.5 Å². The summed E-state index contributed by atoms with van der Waals surface area (Å²) in [5.41, 5.74) is 5.49. The molecule has 0 aromatic carbocycles. The van der Waals surface area contributed by atoms with Crippen LogP contribution in [-0.4, -0.2) is 113 Å². The molecule has 2 aliphatic heterocycles. The van der Waals surface area contributed by atoms with E-state index < -0.39 is 60.3 Å². The number of aromatic amines is 1. The summed E-state index contributed by atoms with van der Waals surface area (Å²) < 4.78 is 24.6. The number of aliphatic hydroxyl groups is 4. The second-order valence-corrected chi connectivity index (χ2v) is 9.11. The van der Waals surface area contributed by atoms with Crippen LogP contribution in [0.15, 0.2) is 34.5 Å². The maximum atomic E-state index is 11.8. The average molecular weight is 568 g/mol. The minimum Gasteiger partial charge on any atom is -0.394 e. The number of aliphatic hydroxyl groups excluding tert-OH is 4. The summed E-state index contributed by atoms with van der Waals surface area (Å²) >= 11 is 0. The van der Waals surface area contributed by atoms with Gasteiger partial charge < -0.3 is 45.1 Å². The molecule has 2 saturated heterocycles. The molecule has 17 nitrogen and oxygen atoms in total. The number of hydrogen-bond donors (Lipinski definition) is 6. The summed E-state index contributed by atoms with van der Waals surface area (Å²) in [5.74, 6) is 0.264. The molecular formula is C23H33N7O10. The molecule has 0 saturated carbocycles. The number of imidazole rings is 1. The topological polar surface area (TPSA) is 242 Å². The molecule has 0 aliphatic carbocycles. The summed E-state index contributed by atoms with van der Waals surface area (Å²) in [4.78, 5) is 37.1. The second kappa shape index (κ2) is 12.9. The Morgan fingerprint density at radius 2 is 1.68 bits per heavy atom. The van der Waals surface area contributed by atoms with Crippen molar-refractivity contribution in [2.45, 2.75) is 62.4 Å². The average Bonchev–Trinajstić information content (AvgIpc) is 3.61. The number of nitrogens with zero attached hydrogens (tertiary/aromatic N) is 5. The van der Waals surface area contributed by atoms with Crippen molar-refractivity contribution >= 4 is 17.0 Å². The van der Waals surface area contributed by atoms with Gasteiger partial charge in [-0.25, -0.2) is 19.7 Å². The zero-order valence-electron chi connectivity index (χ0n) is 21.8. The van der Waals surface area contributed by atoms with Gasteiger partial charge in [-0.2, -0.15) is 0 Å². The number of methoxy groups -OCH3 is 1. The number of nitrogens with one attached hydrogen (secondary N) is 1. The van der Waals surface area contributed by atoms with Crippen molar-refractivity contribution < 1.29 is 39.4 Å². The number of fused-ring (bicyclic) bond motifs is 1. The molecule has 5 heterocycles. The quantitative estimate of drug-likeness (QED) is 0.162. The number of nitrogens with two attached hydrogens (primary N) is 1. The maximum absolute atomic E-state index is 11.8. The van der Waals surface area contributed by atoms with Gasteiger partial charge in [-0.05, 0) is 6.42 Å². The first kappa shape index (κ1) is 29.7. The number of ether oxygens (including phenoxy) is 4. The summed E-state index contributed by atoms with van der Waals surface area (Å²) in [7, 11) is 1.46. The predicted molar refractivity (Wildman–Crippen MR) is 136 cm³/mol. The fourth-order valence-corrected chi connectivity index (χ4v) is 4.56. The molecule has 5 rings (SSSR count). The van der Waals surface area contributed by atoms with E-state index in [-0.39, 0.29) is 19.0 Å². The highest BCUT2D eigenvalue weighted by molar-refractivity contribution is 5.81. The molecular weight excluding hydrogens is 534 g/mol. The van der Waals surface area contributed by atoms with Crippen molar-refractivity contribution in [3.63, 3.8) is 0 Å². The SMILES string of the molecule is CCCOC1[C@@H](O)[C@@H](CO)O[C@H]1n1ccc(=O)[nH]c1=O.COC1[C@@H](O)[C@@H](CO)O[C@H]1n1cnc2c(N)ncnc21. The normalized spacial score (nSPS) is 29.9. The molecule has 40 heavy (non-hydrogen) atoms. The van der Waals surface area contributed by atoms with Crippen LogP contribution in [0.1, 0.15) is 25.8 Å². The van der Waals surface area contributed by atoms with Crippen LogP contribution in [-0.2, 0) is 18.9 Å². The van der Waals surface area contributed by atoms with Crippen LogP contribution in [0.5, 0.6) is 0 Å². The van der Waals surface area contributed by atoms with Gasteiger partial charge in [-0.3, -0.25) is 18.9 Å². The minimum absolute atomic E-state index is 0.264. The third kappa shape index (κ3) is 5.77. The lowest BCUT2D eigenvalue weighted by molar-refractivity contribution is -0.0742. The Kier molecular flexibility index (Phi) is 9.59. The van der Waals surface area contributed by atoms with Crippen molar-refractivity contribution in [3.8, 4) is 0 Å². The van der Waals surface area contributed by atoms with Crippen molar-refractivity contribution in [1.29, 1.82) is 0 Å². The largest absolute Gasteiger partial charge is 0.394 e. The van der Waals surface area contributed by atoms with Crippen molar-refractivity contribution in [2.75, 3.05) is 32.7 Å². The van der Waals surface area contributed by atoms with Gasteiger partial charge in [-0.1, -0.05) is 6.92 Å². The minimum atomic E-state index is -1.05. The van der Waals surface area contributed by atoms with Crippen molar-refractivity contribution in [2.24, 2.45) is 0 Å². The molecule has 0 spiro atoms. The number of anilines is 1. The first-order valence-electron chi connectivity index (χ1n) is 12.5. The molecule has 2 fully saturated rings. The zero-order valence-corrected chi connectivity index (χ0v) is 21.8. The van der Waals surface area contributed by atoms with E-state index in [1.54, 1.807) is 4.57 Å². The van der Waals surface area contributed by atoms with E-state index in [1.165, 1.54) is 32.0 Å². The molecule has 7 N–H and O–H groups in total. The smallest absolute Gasteiger partial charge is 0.330 e. The van der Waals surface area contributed by atoms with Gasteiger partial charge in [0.05, 0.1) is 19.5 Å². The number of aromatic nitrogens is 6. The summed E-state index contributed by atoms with van der Waals surface area (Å²) in [6, 6.07) is 1.18. The van der Waals surface area contributed by atoms with Crippen LogP contribution in [0.25, 0.3) is 11.2 Å². The van der Waals surface area contributed by atoms with Crippen LogP contribution in [0, 0.1) is 0 Å². The number of H-pyrrole nitrogens is 1. The van der Waals surface area contributed by atoms with Gasteiger partial charge in [0, 0.05) is 26.0 Å². The van der Waals surface area contributed by atoms with E-state index in [9.17, 15) is 30.0 Å². The molecule has 0 radical (unpaired) electrons. The van der Waals surface area contributed by atoms with E-state index in [4.69, 9.17) is 24.7 Å². The predicted octanol–water partition coefficient (Wildman–Crippen LogP) is -2.74. The van der Waals surface area contributed by atoms with Gasteiger partial charge in [0.2, 0.25) is 0 Å². The van der Waals surface area contributed by atoms with Gasteiger partial charge >= 0.3 is 5.69 Å². The molecule has 3 aromatic rings. The van der Waals surface area contributed by atoms with E-state index in [1.807, 2.05) is 6.92 Å². The molecule has 3 aromatic heterocycles. The van der Waals surface area contributed by atoms with E-state index in [2.05, 4.69) is 19.9 Å². The zero-order chi connectivity index (χ0) is 29.0. The maximum Gasteiger partial charge on any atom is 0.330 e. The Morgan fingerprint density at radius 3 is 2.27 bits per heavy atom. The monoisotopic (exact) mass is 567 g/mol. The van der Waals surface area contributed by atoms with Gasteiger partial charge in [0.15, 0.2) is 23.9 Å². The van der Waals surface area contributed by atoms with Gasteiger partial charge in [-0.15, -0.1) is 0 Å². The van der Waals surface area contributed by atoms with E-state index in [0.29, 0.717) is 17.8 Å². The lowest BCUT2D eigenvalue weighted by Crippen LogP contribution is -2.39. The Hall–Kier alpha value is -3.29. The molecule has 0 bridgehead atoms. The highest BCUT2D eigenvalue weighted by Gasteiger charge is 2.46. The molecule has 17 heteroatoms. The Labute approximate surface area is 226 Å². The molecule has 2 unspecified atom stereocenters. The lowest BCUT2D eigenvalue weighted by Gasteiger charge is -2.21. The number of nitrogen functional groups attached to an aromatic ring is 1. The number of rotatable bonds is 8. The second-order valence-electron chi connectivity index (χ2n) is 9.11. The summed E-state index contributed by atoms with van der Waals surface area (Å²) in [6.07, 6.45) is -1.66. The summed E-state index contributed by atoms with van der Waals surface area (Å²) in [5, 5.41) is 38.5. The molecule has 8 atom stereocenters. The Morgan fingerprint density at radius 1 is 1.02 bits per heavy atom. The van der Waals surface area contributed by atoms with Crippen LogP contribution >= 0.6 is 0 Å². The highest BCUT2D eigenvalue weighted by Crippen LogP contribution is 2.33. The molecule has 0 amide bonds. The first-order chi connectivity index (χ1) is 19.2. The fraction of sp³-hybridized carbons (Fsp3) is 0.609. The van der Waals surface area contributed by atoms with Crippen LogP contribution in [0.3, 0.4) is 0 Å². The standard InChI is InChI=1S/C12H18N2O6.C11H15N5O4/c1-2-5-19-10-9(17)7(6-15)20-11(10)14-4-3-8(16)13-12(14)18;1-19-8-7(18)5(2-17)20-11(8)16-4-15-6-9(12)13-3-14-10(6)16/h3-4,7,9-11,15,17H,2,5-6H2,1H3,(H,13,16,18);3-5,7-8,11,17-18H,2H2,1H3,(H2,12,13,14)/t7-,9+,10?,11-;5-,7+,8?,11-/m11/s1. The Bertz CT molecular complexity index is 1380. The van der Waals surface area contributed by atoms with Crippen LogP contribution < -0.4 is 17.0 Å². The molecule has 2 aliphatic rings.